The van der Waals surface area contributed by atoms with Crippen LogP contribution in [-0.2, 0) is 6.42 Å². The second kappa shape index (κ2) is 4.37. The van der Waals surface area contributed by atoms with E-state index in [0.717, 1.165) is 23.7 Å². The van der Waals surface area contributed by atoms with Crippen LogP contribution >= 0.6 is 0 Å². The topological polar surface area (TPSA) is 23.8 Å². The fraction of sp³-hybridized carbons (Fsp3) is 0.611. The number of rotatable bonds is 0. The summed E-state index contributed by atoms with van der Waals surface area (Å²) in [6.07, 6.45) is 7.72. The predicted molar refractivity (Wildman–Crippen MR) is 75.5 cm³/mol. The van der Waals surface area contributed by atoms with Crippen molar-refractivity contribution in [3.05, 3.63) is 35.4 Å². The van der Waals surface area contributed by atoms with E-state index in [9.17, 15) is 5.26 Å². The number of nitriles is 1. The van der Waals surface area contributed by atoms with Gasteiger partial charge >= 0.3 is 0 Å². The van der Waals surface area contributed by atoms with Gasteiger partial charge in [0.25, 0.3) is 0 Å². The third-order valence-electron chi connectivity index (χ3n) is 6.05. The quantitative estimate of drug-likeness (QED) is 0.674. The van der Waals surface area contributed by atoms with E-state index in [1.165, 1.54) is 38.5 Å². The Morgan fingerprint density at radius 2 is 1.89 bits per heavy atom. The SMILES string of the molecule is N#CC1CC2CCC3c4ccccc4CCC3C2C1. The Balaban J connectivity index is 1.66. The highest BCUT2D eigenvalue weighted by atomic mass is 14.5. The van der Waals surface area contributed by atoms with Gasteiger partial charge in [-0.05, 0) is 73.3 Å². The smallest absolute Gasteiger partial charge is 0.0656 e. The molecule has 5 unspecified atom stereocenters. The molecule has 0 amide bonds. The first-order chi connectivity index (χ1) is 9.36. The average Bonchev–Trinajstić information content (AvgIpc) is 2.90. The molecule has 1 aromatic rings. The molecule has 0 bridgehead atoms. The van der Waals surface area contributed by atoms with Crippen molar-refractivity contribution >= 4 is 0 Å². The van der Waals surface area contributed by atoms with Crippen LogP contribution in [0.25, 0.3) is 0 Å². The normalized spacial score (nSPS) is 39.8. The first kappa shape index (κ1) is 11.5. The van der Waals surface area contributed by atoms with E-state index in [4.69, 9.17) is 0 Å². The van der Waals surface area contributed by atoms with Crippen molar-refractivity contribution in [3.8, 4) is 6.07 Å². The maximum atomic E-state index is 9.22. The Bertz CT molecular complexity index is 527. The van der Waals surface area contributed by atoms with Crippen molar-refractivity contribution in [2.75, 3.05) is 0 Å². The molecule has 0 radical (unpaired) electrons. The van der Waals surface area contributed by atoms with Gasteiger partial charge in [0.15, 0.2) is 0 Å². The Kier molecular flexibility index (Phi) is 2.65. The highest BCUT2D eigenvalue weighted by Crippen LogP contribution is 2.56. The standard InChI is InChI=1S/C18H21N/c19-11-12-9-14-6-8-16-15-4-2-1-3-13(15)5-7-17(16)18(14)10-12/h1-4,12,14,16-18H,5-10H2. The molecule has 0 saturated heterocycles. The van der Waals surface area contributed by atoms with Crippen molar-refractivity contribution in [3.63, 3.8) is 0 Å². The van der Waals surface area contributed by atoms with Gasteiger partial charge in [0.1, 0.15) is 0 Å². The third-order valence-corrected chi connectivity index (χ3v) is 6.05. The first-order valence-corrected chi connectivity index (χ1v) is 7.84. The second-order valence-corrected chi connectivity index (χ2v) is 6.81. The molecule has 5 atom stereocenters. The van der Waals surface area contributed by atoms with E-state index in [1.807, 2.05) is 0 Å². The lowest BCUT2D eigenvalue weighted by Gasteiger charge is -2.44. The van der Waals surface area contributed by atoms with Crippen LogP contribution in [-0.4, -0.2) is 0 Å². The molecule has 1 aromatic carbocycles. The lowest BCUT2D eigenvalue weighted by atomic mass is 9.61. The first-order valence-electron chi connectivity index (χ1n) is 7.84. The van der Waals surface area contributed by atoms with Gasteiger partial charge in [-0.3, -0.25) is 0 Å². The van der Waals surface area contributed by atoms with Crippen LogP contribution in [0, 0.1) is 35.0 Å². The molecule has 1 nitrogen and oxygen atoms in total. The molecule has 0 aliphatic heterocycles. The average molecular weight is 251 g/mol. The van der Waals surface area contributed by atoms with Crippen LogP contribution < -0.4 is 0 Å². The molecule has 4 rings (SSSR count). The summed E-state index contributed by atoms with van der Waals surface area (Å²) in [5.41, 5.74) is 3.23. The molecule has 3 aliphatic rings. The minimum absolute atomic E-state index is 0.353. The largest absolute Gasteiger partial charge is 0.198 e. The molecule has 0 spiro atoms. The number of aryl methyl sites for hydroxylation is 1. The van der Waals surface area contributed by atoms with Crippen LogP contribution in [0.1, 0.15) is 49.1 Å². The number of hydrogen-bond acceptors (Lipinski definition) is 1. The van der Waals surface area contributed by atoms with Gasteiger partial charge in [-0.15, -0.1) is 0 Å². The van der Waals surface area contributed by atoms with E-state index in [2.05, 4.69) is 30.3 Å². The molecule has 0 aromatic heterocycles. The van der Waals surface area contributed by atoms with Gasteiger partial charge in [-0.2, -0.15) is 5.26 Å². The molecular weight excluding hydrogens is 230 g/mol. The zero-order valence-electron chi connectivity index (χ0n) is 11.4. The minimum atomic E-state index is 0.353. The van der Waals surface area contributed by atoms with Gasteiger partial charge in [0.2, 0.25) is 0 Å². The molecule has 98 valence electrons. The summed E-state index contributed by atoms with van der Waals surface area (Å²) in [6.45, 7) is 0. The Morgan fingerprint density at radius 1 is 1.00 bits per heavy atom. The molecule has 2 saturated carbocycles. The van der Waals surface area contributed by atoms with Crippen molar-refractivity contribution in [2.24, 2.45) is 23.7 Å². The molecule has 0 heterocycles. The minimum Gasteiger partial charge on any atom is -0.198 e. The third kappa shape index (κ3) is 1.73. The van der Waals surface area contributed by atoms with E-state index in [1.54, 1.807) is 11.1 Å². The zero-order valence-corrected chi connectivity index (χ0v) is 11.4. The Hall–Kier alpha value is -1.29. The van der Waals surface area contributed by atoms with Crippen LogP contribution in [0.5, 0.6) is 0 Å². The fourth-order valence-corrected chi connectivity index (χ4v) is 5.27. The summed E-state index contributed by atoms with van der Waals surface area (Å²) >= 11 is 0. The summed E-state index contributed by atoms with van der Waals surface area (Å²) in [5, 5.41) is 9.22. The zero-order chi connectivity index (χ0) is 12.8. The van der Waals surface area contributed by atoms with Crippen molar-refractivity contribution in [1.82, 2.24) is 0 Å². The van der Waals surface area contributed by atoms with Crippen molar-refractivity contribution in [2.45, 2.75) is 44.4 Å². The van der Waals surface area contributed by atoms with Gasteiger partial charge in [-0.1, -0.05) is 24.3 Å². The summed E-state index contributed by atoms with van der Waals surface area (Å²) in [4.78, 5) is 0. The molecule has 1 heteroatoms. The summed E-state index contributed by atoms with van der Waals surface area (Å²) in [5.74, 6) is 3.72. The lowest BCUT2D eigenvalue weighted by Crippen LogP contribution is -2.34. The van der Waals surface area contributed by atoms with Crippen molar-refractivity contribution < 1.29 is 0 Å². The summed E-state index contributed by atoms with van der Waals surface area (Å²) < 4.78 is 0. The van der Waals surface area contributed by atoms with E-state index in [-0.39, 0.29) is 0 Å². The van der Waals surface area contributed by atoms with E-state index in [0.29, 0.717) is 5.92 Å². The van der Waals surface area contributed by atoms with Gasteiger partial charge < -0.3 is 0 Å². The van der Waals surface area contributed by atoms with Gasteiger partial charge in [0.05, 0.1) is 6.07 Å². The molecular formula is C18H21N. The van der Waals surface area contributed by atoms with Crippen LogP contribution in [0.15, 0.2) is 24.3 Å². The highest BCUT2D eigenvalue weighted by Gasteiger charge is 2.46. The van der Waals surface area contributed by atoms with Crippen LogP contribution in [0.3, 0.4) is 0 Å². The number of fused-ring (bicyclic) bond motifs is 5. The van der Waals surface area contributed by atoms with Gasteiger partial charge in [-0.25, -0.2) is 0 Å². The molecule has 3 aliphatic carbocycles. The van der Waals surface area contributed by atoms with Crippen LogP contribution in [0.4, 0.5) is 0 Å². The monoisotopic (exact) mass is 251 g/mol. The van der Waals surface area contributed by atoms with Crippen LogP contribution in [0.2, 0.25) is 0 Å². The van der Waals surface area contributed by atoms with E-state index < -0.39 is 0 Å². The van der Waals surface area contributed by atoms with Gasteiger partial charge in [0, 0.05) is 5.92 Å². The fourth-order valence-electron chi connectivity index (χ4n) is 5.27. The maximum Gasteiger partial charge on any atom is 0.0656 e. The number of nitrogens with zero attached hydrogens (tertiary/aromatic N) is 1. The number of benzene rings is 1. The molecule has 0 N–H and O–H groups in total. The molecule has 2 fully saturated rings. The van der Waals surface area contributed by atoms with E-state index >= 15 is 0 Å². The predicted octanol–water partition coefficient (Wildman–Crippen LogP) is 4.29. The molecule has 19 heavy (non-hydrogen) atoms. The maximum absolute atomic E-state index is 9.22. The summed E-state index contributed by atoms with van der Waals surface area (Å²) in [7, 11) is 0. The second-order valence-electron chi connectivity index (χ2n) is 6.81. The lowest BCUT2D eigenvalue weighted by molar-refractivity contribution is 0.136. The van der Waals surface area contributed by atoms with Crippen molar-refractivity contribution in [1.29, 1.82) is 5.26 Å². The summed E-state index contributed by atoms with van der Waals surface area (Å²) in [6, 6.07) is 11.6. The Labute approximate surface area is 115 Å². The number of hydrogen-bond donors (Lipinski definition) is 0. The Morgan fingerprint density at radius 3 is 2.79 bits per heavy atom. The highest BCUT2D eigenvalue weighted by molar-refractivity contribution is 5.34.